The number of fused-ring (bicyclic) bond motifs is 1. The molecule has 12 nitrogen and oxygen atoms in total. The number of aliphatic hydroxyl groups excluding tert-OH is 1. The molecule has 1 aromatic heterocycles. The zero-order valence-corrected chi connectivity index (χ0v) is 29.2. The minimum absolute atomic E-state index is 0.0602. The fraction of sp³-hybridized carbons (Fsp3) is 0.487. The highest BCUT2D eigenvalue weighted by atomic mass is 16.5. The van der Waals surface area contributed by atoms with Gasteiger partial charge in [0.1, 0.15) is 28.8 Å². The lowest BCUT2D eigenvalue weighted by Gasteiger charge is -2.23. The Balaban J connectivity index is 1.59. The van der Waals surface area contributed by atoms with Crippen LogP contribution in [0.2, 0.25) is 0 Å². The Labute approximate surface area is 297 Å². The average molecular weight is 702 g/mol. The molecule has 2 aromatic carbocycles. The predicted octanol–water partition coefficient (Wildman–Crippen LogP) is 2.91. The van der Waals surface area contributed by atoms with Crippen molar-refractivity contribution in [2.75, 3.05) is 19.8 Å². The first-order valence-corrected chi connectivity index (χ1v) is 17.7. The van der Waals surface area contributed by atoms with Gasteiger partial charge in [0, 0.05) is 31.7 Å². The molecular formula is C39H47N3O9. The molecule has 0 radical (unpaired) electrons. The summed E-state index contributed by atoms with van der Waals surface area (Å²) in [5.41, 5.74) is -0.647. The Bertz CT molecular complexity index is 1790. The van der Waals surface area contributed by atoms with E-state index in [1.807, 2.05) is 30.3 Å². The van der Waals surface area contributed by atoms with Gasteiger partial charge in [-0.2, -0.15) is 0 Å². The highest BCUT2D eigenvalue weighted by Crippen LogP contribution is 2.44. The molecule has 0 aliphatic heterocycles. The third-order valence-corrected chi connectivity index (χ3v) is 9.50. The Morgan fingerprint density at radius 3 is 2.20 bits per heavy atom. The van der Waals surface area contributed by atoms with Crippen molar-refractivity contribution in [1.82, 2.24) is 16.0 Å². The van der Waals surface area contributed by atoms with E-state index in [0.29, 0.717) is 42.2 Å². The lowest BCUT2D eigenvalue weighted by atomic mass is 9.93. The monoisotopic (exact) mass is 701 g/mol. The molecule has 2 fully saturated rings. The van der Waals surface area contributed by atoms with E-state index in [9.17, 15) is 34.5 Å². The maximum Gasteiger partial charge on any atom is 0.342 e. The SMILES string of the molecule is CCOC(=O)c1c(C2(O)CCCC2)oc2c(C#CC3(O)CCCC3)cc(C[C@H](NC(=O)[C@H](Cc3ccccc3)NC(C)=O)C(=O)NCCO)cc12. The van der Waals surface area contributed by atoms with Gasteiger partial charge in [-0.3, -0.25) is 14.4 Å². The van der Waals surface area contributed by atoms with Crippen molar-refractivity contribution in [3.63, 3.8) is 0 Å². The average Bonchev–Trinajstić information content (AvgIpc) is 3.85. The summed E-state index contributed by atoms with van der Waals surface area (Å²) in [7, 11) is 0. The number of amides is 3. The summed E-state index contributed by atoms with van der Waals surface area (Å²) in [6.45, 7) is 2.68. The first kappa shape index (κ1) is 37.6. The summed E-state index contributed by atoms with van der Waals surface area (Å²) >= 11 is 0. The molecule has 0 spiro atoms. The van der Waals surface area contributed by atoms with E-state index in [0.717, 1.165) is 31.2 Å². The van der Waals surface area contributed by atoms with Crippen LogP contribution in [-0.2, 0) is 37.6 Å². The number of furan rings is 1. The van der Waals surface area contributed by atoms with Crippen molar-refractivity contribution in [2.45, 2.75) is 101 Å². The van der Waals surface area contributed by atoms with E-state index in [2.05, 4.69) is 27.8 Å². The molecule has 272 valence electrons. The molecular weight excluding hydrogens is 654 g/mol. The number of hydrogen-bond donors (Lipinski definition) is 6. The van der Waals surface area contributed by atoms with Crippen molar-refractivity contribution < 1.29 is 43.7 Å². The molecule has 6 N–H and O–H groups in total. The zero-order chi connectivity index (χ0) is 36.6. The number of aliphatic hydroxyl groups is 3. The van der Waals surface area contributed by atoms with E-state index in [1.165, 1.54) is 6.92 Å². The van der Waals surface area contributed by atoms with Crippen molar-refractivity contribution in [2.24, 2.45) is 0 Å². The summed E-state index contributed by atoms with van der Waals surface area (Å²) in [5.74, 6) is 3.90. The van der Waals surface area contributed by atoms with Crippen molar-refractivity contribution in [3.05, 3.63) is 70.5 Å². The fourth-order valence-electron chi connectivity index (χ4n) is 6.98. The largest absolute Gasteiger partial charge is 0.462 e. The van der Waals surface area contributed by atoms with Gasteiger partial charge in [0.15, 0.2) is 11.3 Å². The van der Waals surface area contributed by atoms with Gasteiger partial charge in [-0.1, -0.05) is 42.2 Å². The molecule has 3 aromatic rings. The van der Waals surface area contributed by atoms with E-state index in [4.69, 9.17) is 9.15 Å². The molecule has 2 saturated carbocycles. The van der Waals surface area contributed by atoms with Crippen LogP contribution >= 0.6 is 0 Å². The minimum Gasteiger partial charge on any atom is -0.462 e. The number of carbonyl (C=O) groups is 4. The van der Waals surface area contributed by atoms with Crippen LogP contribution in [0, 0.1) is 11.8 Å². The van der Waals surface area contributed by atoms with Crippen LogP contribution in [-0.4, -0.2) is 76.5 Å². The summed E-state index contributed by atoms with van der Waals surface area (Å²) in [6.07, 6.45) is 5.06. The second kappa shape index (κ2) is 16.5. The first-order valence-electron chi connectivity index (χ1n) is 17.7. The zero-order valence-electron chi connectivity index (χ0n) is 29.2. The Kier molecular flexibility index (Phi) is 12.2. The van der Waals surface area contributed by atoms with Crippen molar-refractivity contribution >= 4 is 34.7 Å². The third kappa shape index (κ3) is 9.16. The second-order valence-electron chi connectivity index (χ2n) is 13.5. The summed E-state index contributed by atoms with van der Waals surface area (Å²) in [6, 6.07) is 10.3. The molecule has 3 amide bonds. The van der Waals surface area contributed by atoms with Crippen LogP contribution in [0.15, 0.2) is 46.9 Å². The second-order valence-corrected chi connectivity index (χ2v) is 13.5. The summed E-state index contributed by atoms with van der Waals surface area (Å²) < 4.78 is 11.8. The van der Waals surface area contributed by atoms with Gasteiger partial charge in [0.2, 0.25) is 17.7 Å². The van der Waals surface area contributed by atoms with E-state index in [-0.39, 0.29) is 49.5 Å². The van der Waals surface area contributed by atoms with Gasteiger partial charge in [-0.25, -0.2) is 4.79 Å². The molecule has 51 heavy (non-hydrogen) atoms. The lowest BCUT2D eigenvalue weighted by molar-refractivity contribution is -0.131. The normalized spacial score (nSPS) is 17.2. The van der Waals surface area contributed by atoms with Gasteiger partial charge in [-0.15, -0.1) is 0 Å². The number of rotatable bonds is 13. The minimum atomic E-state index is -1.40. The summed E-state index contributed by atoms with van der Waals surface area (Å²) in [4.78, 5) is 52.9. The highest BCUT2D eigenvalue weighted by Gasteiger charge is 2.42. The van der Waals surface area contributed by atoms with Gasteiger partial charge >= 0.3 is 5.97 Å². The van der Waals surface area contributed by atoms with Crippen LogP contribution in [0.5, 0.6) is 0 Å². The number of ether oxygens (including phenoxy) is 1. The van der Waals surface area contributed by atoms with Gasteiger partial charge in [0.05, 0.1) is 18.8 Å². The molecule has 0 bridgehead atoms. The smallest absolute Gasteiger partial charge is 0.342 e. The fourth-order valence-corrected chi connectivity index (χ4v) is 6.98. The van der Waals surface area contributed by atoms with Crippen LogP contribution in [0.4, 0.5) is 0 Å². The van der Waals surface area contributed by atoms with Gasteiger partial charge in [0.25, 0.3) is 0 Å². The molecule has 0 saturated heterocycles. The van der Waals surface area contributed by atoms with Crippen LogP contribution in [0.3, 0.4) is 0 Å². The Morgan fingerprint density at radius 2 is 1.55 bits per heavy atom. The first-order chi connectivity index (χ1) is 24.4. The maximum atomic E-state index is 13.7. The molecule has 1 heterocycles. The third-order valence-electron chi connectivity index (χ3n) is 9.50. The number of benzene rings is 2. The van der Waals surface area contributed by atoms with Crippen LogP contribution in [0.1, 0.15) is 98.0 Å². The lowest BCUT2D eigenvalue weighted by Crippen LogP contribution is -2.55. The number of carbonyl (C=O) groups excluding carboxylic acids is 4. The van der Waals surface area contributed by atoms with Crippen molar-refractivity contribution in [3.8, 4) is 11.8 Å². The van der Waals surface area contributed by atoms with Crippen LogP contribution in [0.25, 0.3) is 11.0 Å². The highest BCUT2D eigenvalue weighted by molar-refractivity contribution is 6.06. The Hall–Kier alpha value is -4.70. The molecule has 5 rings (SSSR count). The molecule has 2 aliphatic carbocycles. The number of hydrogen-bond acceptors (Lipinski definition) is 9. The molecule has 0 unspecified atom stereocenters. The van der Waals surface area contributed by atoms with Gasteiger partial charge < -0.3 is 40.4 Å². The quantitative estimate of drug-likeness (QED) is 0.115. The van der Waals surface area contributed by atoms with Crippen molar-refractivity contribution in [1.29, 1.82) is 0 Å². The number of nitrogens with one attached hydrogen (secondary N) is 3. The standard InChI is InChI=1S/C39H47N3O9/c1-3-50-37(47)32-29-22-27(21-28(13-18-38(48)14-7-8-15-38)33(29)51-34(32)39(49)16-9-10-17-39)24-30(35(45)40-19-20-43)42-36(46)31(41-25(2)44)23-26-11-5-4-6-12-26/h4-6,11-12,21-22,30-31,43,48-49H,3,7-10,14-17,19-20,23-24H2,1-2H3,(H,40,45)(H,41,44)(H,42,46)/t30-,31-/m0/s1. The molecule has 2 atom stereocenters. The Morgan fingerprint density at radius 1 is 0.902 bits per heavy atom. The van der Waals surface area contributed by atoms with E-state index < -0.39 is 47.0 Å². The van der Waals surface area contributed by atoms with E-state index in [1.54, 1.807) is 19.1 Å². The predicted molar refractivity (Wildman–Crippen MR) is 188 cm³/mol. The maximum absolute atomic E-state index is 13.7. The summed E-state index contributed by atoms with van der Waals surface area (Å²) in [5, 5.41) is 40.6. The van der Waals surface area contributed by atoms with E-state index >= 15 is 0 Å². The topological polar surface area (TPSA) is 187 Å². The molecule has 12 heteroatoms. The number of esters is 1. The molecule has 2 aliphatic rings. The van der Waals surface area contributed by atoms with Gasteiger partial charge in [-0.05, 0) is 81.5 Å². The van der Waals surface area contributed by atoms with Crippen LogP contribution < -0.4 is 16.0 Å².